The molecular weight excluding hydrogens is 378 g/mol. The molecule has 2 heterocycles. The predicted octanol–water partition coefficient (Wildman–Crippen LogP) is 3.97. The average Bonchev–Trinajstić information content (AvgIpc) is 3.13. The molecule has 2 aromatic rings. The van der Waals surface area contributed by atoms with Gasteiger partial charge in [-0.2, -0.15) is 10.1 Å². The maximum atomic E-state index is 12.9. The van der Waals surface area contributed by atoms with Crippen molar-refractivity contribution in [3.63, 3.8) is 0 Å². The lowest BCUT2D eigenvalue weighted by Gasteiger charge is -2.14. The van der Waals surface area contributed by atoms with Gasteiger partial charge in [0.1, 0.15) is 0 Å². The predicted molar refractivity (Wildman–Crippen MR) is 113 cm³/mol. The molecule has 7 heteroatoms. The molecule has 0 unspecified atom stereocenters. The SMILES string of the molecule is CC1=NN(c2ccccc2)C(=O)[C@H]1/C=C1/SC(=S)N(c2ccccc2)C1=O. The van der Waals surface area contributed by atoms with Gasteiger partial charge in [0.2, 0.25) is 0 Å². The van der Waals surface area contributed by atoms with Gasteiger partial charge in [-0.25, -0.2) is 0 Å². The molecule has 2 amide bonds. The van der Waals surface area contributed by atoms with Gasteiger partial charge in [0.15, 0.2) is 4.32 Å². The molecule has 27 heavy (non-hydrogen) atoms. The van der Waals surface area contributed by atoms with E-state index < -0.39 is 5.92 Å². The lowest BCUT2D eigenvalue weighted by Crippen LogP contribution is -2.28. The quantitative estimate of drug-likeness (QED) is 0.585. The van der Waals surface area contributed by atoms with E-state index in [0.29, 0.717) is 20.6 Å². The van der Waals surface area contributed by atoms with Gasteiger partial charge in [-0.05, 0) is 37.3 Å². The van der Waals surface area contributed by atoms with E-state index >= 15 is 0 Å². The Labute approximate surface area is 166 Å². The van der Waals surface area contributed by atoms with Crippen LogP contribution in [-0.4, -0.2) is 21.8 Å². The van der Waals surface area contributed by atoms with Crippen LogP contribution in [-0.2, 0) is 9.59 Å². The molecule has 4 rings (SSSR count). The average molecular weight is 393 g/mol. The Morgan fingerprint density at radius 2 is 1.59 bits per heavy atom. The van der Waals surface area contributed by atoms with Gasteiger partial charge in [0, 0.05) is 0 Å². The number of hydrogen-bond acceptors (Lipinski definition) is 5. The third-order valence-corrected chi connectivity index (χ3v) is 5.63. The van der Waals surface area contributed by atoms with Crippen molar-refractivity contribution in [1.29, 1.82) is 0 Å². The van der Waals surface area contributed by atoms with Crippen molar-refractivity contribution in [2.45, 2.75) is 6.92 Å². The van der Waals surface area contributed by atoms with Crippen molar-refractivity contribution in [3.05, 3.63) is 71.6 Å². The van der Waals surface area contributed by atoms with E-state index in [0.717, 1.165) is 5.69 Å². The smallest absolute Gasteiger partial charge is 0.270 e. The highest BCUT2D eigenvalue weighted by Crippen LogP contribution is 2.36. The molecule has 0 aromatic heterocycles. The summed E-state index contributed by atoms with van der Waals surface area (Å²) in [6.45, 7) is 1.79. The second-order valence-corrected chi connectivity index (χ2v) is 7.76. The van der Waals surface area contributed by atoms with Crippen LogP contribution < -0.4 is 9.91 Å². The van der Waals surface area contributed by atoms with Crippen LogP contribution in [0.25, 0.3) is 0 Å². The highest BCUT2D eigenvalue weighted by atomic mass is 32.2. The lowest BCUT2D eigenvalue weighted by atomic mass is 10.0. The molecule has 0 spiro atoms. The Morgan fingerprint density at radius 3 is 2.22 bits per heavy atom. The first-order valence-corrected chi connectivity index (χ1v) is 9.56. The van der Waals surface area contributed by atoms with Gasteiger partial charge < -0.3 is 0 Å². The Balaban J connectivity index is 1.61. The summed E-state index contributed by atoms with van der Waals surface area (Å²) in [5.74, 6) is -0.964. The monoisotopic (exact) mass is 393 g/mol. The van der Waals surface area contributed by atoms with Crippen LogP contribution in [0.2, 0.25) is 0 Å². The van der Waals surface area contributed by atoms with Gasteiger partial charge in [-0.1, -0.05) is 60.4 Å². The fourth-order valence-corrected chi connectivity index (χ4v) is 4.27. The Bertz CT molecular complexity index is 987. The molecule has 134 valence electrons. The number of amides is 2. The number of benzene rings is 2. The van der Waals surface area contributed by atoms with Crippen molar-refractivity contribution >= 4 is 57.2 Å². The van der Waals surface area contributed by atoms with E-state index in [1.165, 1.54) is 21.7 Å². The summed E-state index contributed by atoms with van der Waals surface area (Å²) in [5.41, 5.74) is 2.07. The second-order valence-electron chi connectivity index (χ2n) is 6.08. The standard InChI is InChI=1S/C20H15N3O2S2/c1-13-16(18(24)23(21-13)15-10-6-3-7-11-15)12-17-19(25)22(20(26)27-17)14-8-4-2-5-9-14/h2-12,16H,1H3/b17-12+/t16-/m0/s1. The molecule has 0 aliphatic carbocycles. The largest absolute Gasteiger partial charge is 0.271 e. The first-order chi connectivity index (χ1) is 13.1. The molecule has 2 aliphatic heterocycles. The zero-order chi connectivity index (χ0) is 19.0. The molecule has 1 atom stereocenters. The molecule has 2 aliphatic rings. The van der Waals surface area contributed by atoms with Gasteiger partial charge in [0.05, 0.1) is 27.9 Å². The topological polar surface area (TPSA) is 53.0 Å². The zero-order valence-electron chi connectivity index (χ0n) is 14.4. The third-order valence-electron chi connectivity index (χ3n) is 4.31. The molecule has 0 bridgehead atoms. The molecular formula is C20H15N3O2S2. The fourth-order valence-electron chi connectivity index (χ4n) is 2.96. The summed E-state index contributed by atoms with van der Waals surface area (Å²) in [5, 5.41) is 5.76. The lowest BCUT2D eigenvalue weighted by molar-refractivity contribution is -0.118. The van der Waals surface area contributed by atoms with Gasteiger partial charge in [-0.15, -0.1) is 0 Å². The van der Waals surface area contributed by atoms with E-state index in [4.69, 9.17) is 12.2 Å². The summed E-state index contributed by atoms with van der Waals surface area (Å²) in [6.07, 6.45) is 1.67. The van der Waals surface area contributed by atoms with Gasteiger partial charge >= 0.3 is 0 Å². The number of hydrogen-bond donors (Lipinski definition) is 0. The van der Waals surface area contributed by atoms with E-state index in [9.17, 15) is 9.59 Å². The minimum Gasteiger partial charge on any atom is -0.271 e. The van der Waals surface area contributed by atoms with Crippen molar-refractivity contribution in [2.75, 3.05) is 9.91 Å². The van der Waals surface area contributed by atoms with Gasteiger partial charge in [0.25, 0.3) is 11.8 Å². The summed E-state index contributed by atoms with van der Waals surface area (Å²) in [4.78, 5) is 27.6. The molecule has 5 nitrogen and oxygen atoms in total. The number of carbonyl (C=O) groups excluding carboxylic acids is 2. The number of hydrazone groups is 1. The van der Waals surface area contributed by atoms with Crippen LogP contribution in [0.15, 0.2) is 76.7 Å². The van der Waals surface area contributed by atoms with Crippen LogP contribution in [0.3, 0.4) is 0 Å². The minimum atomic E-state index is -0.574. The molecule has 1 saturated heterocycles. The van der Waals surface area contributed by atoms with E-state index in [2.05, 4.69) is 5.10 Å². The Hall–Kier alpha value is -2.77. The summed E-state index contributed by atoms with van der Waals surface area (Å²) >= 11 is 6.59. The fraction of sp³-hybridized carbons (Fsp3) is 0.100. The van der Waals surface area contributed by atoms with Crippen molar-refractivity contribution in [3.8, 4) is 0 Å². The van der Waals surface area contributed by atoms with Crippen LogP contribution in [0.5, 0.6) is 0 Å². The number of thioether (sulfide) groups is 1. The minimum absolute atomic E-state index is 0.177. The second kappa shape index (κ2) is 7.09. The molecule has 0 N–H and O–H groups in total. The van der Waals surface area contributed by atoms with Crippen LogP contribution in [0.4, 0.5) is 11.4 Å². The van der Waals surface area contributed by atoms with Crippen LogP contribution >= 0.6 is 24.0 Å². The molecule has 0 radical (unpaired) electrons. The molecule has 2 aromatic carbocycles. The summed E-state index contributed by atoms with van der Waals surface area (Å²) in [6, 6.07) is 18.5. The van der Waals surface area contributed by atoms with Crippen molar-refractivity contribution in [1.82, 2.24) is 0 Å². The molecule has 1 fully saturated rings. The number of thiocarbonyl (C=S) groups is 1. The number of anilines is 2. The summed E-state index contributed by atoms with van der Waals surface area (Å²) < 4.78 is 0.456. The van der Waals surface area contributed by atoms with E-state index in [1.807, 2.05) is 60.7 Å². The van der Waals surface area contributed by atoms with E-state index in [1.54, 1.807) is 13.0 Å². The molecule has 0 saturated carbocycles. The number of para-hydroxylation sites is 2. The highest BCUT2D eigenvalue weighted by Gasteiger charge is 2.38. The first kappa shape index (κ1) is 17.6. The number of nitrogens with zero attached hydrogens (tertiary/aromatic N) is 3. The zero-order valence-corrected chi connectivity index (χ0v) is 16.0. The maximum Gasteiger partial charge on any atom is 0.270 e. The van der Waals surface area contributed by atoms with Crippen molar-refractivity contribution < 1.29 is 9.59 Å². The third kappa shape index (κ3) is 3.20. The van der Waals surface area contributed by atoms with Crippen molar-refractivity contribution in [2.24, 2.45) is 11.0 Å². The van der Waals surface area contributed by atoms with E-state index in [-0.39, 0.29) is 11.8 Å². The van der Waals surface area contributed by atoms with Crippen LogP contribution in [0.1, 0.15) is 6.92 Å². The van der Waals surface area contributed by atoms with Gasteiger partial charge in [-0.3, -0.25) is 14.5 Å². The van der Waals surface area contributed by atoms with Crippen LogP contribution in [0, 0.1) is 5.92 Å². The number of rotatable bonds is 3. The maximum absolute atomic E-state index is 12.9. The Morgan fingerprint density at radius 1 is 1.00 bits per heavy atom. The normalized spacial score (nSPS) is 21.4. The first-order valence-electron chi connectivity index (χ1n) is 8.33. The Kier molecular flexibility index (Phi) is 4.63. The summed E-state index contributed by atoms with van der Waals surface area (Å²) in [7, 11) is 0. The highest BCUT2D eigenvalue weighted by molar-refractivity contribution is 8.27. The number of carbonyl (C=O) groups is 2.